The Labute approximate surface area is 157 Å². The van der Waals surface area contributed by atoms with Crippen LogP contribution in [0.1, 0.15) is 27.9 Å². The Hall–Kier alpha value is -3.20. The summed E-state index contributed by atoms with van der Waals surface area (Å²) in [5.41, 5.74) is 1.30. The first-order valence-corrected chi connectivity index (χ1v) is 8.89. The molecule has 1 aliphatic rings. The van der Waals surface area contributed by atoms with Crippen LogP contribution in [0.4, 0.5) is 4.39 Å². The largest absolute Gasteiger partial charge is 0.341 e. The molecule has 1 fully saturated rings. The van der Waals surface area contributed by atoms with Gasteiger partial charge in [0.1, 0.15) is 5.82 Å². The van der Waals surface area contributed by atoms with Crippen molar-refractivity contribution in [3.05, 3.63) is 71.0 Å². The molecule has 0 saturated carbocycles. The van der Waals surface area contributed by atoms with Crippen molar-refractivity contribution in [2.24, 2.45) is 0 Å². The third-order valence-electron chi connectivity index (χ3n) is 4.67. The SMILES string of the molecule is N#Cc1cccc(C(=O)N2CCCN(C(=O)Cc3ccccc3F)CC2)c1. The number of carbonyl (C=O) groups excluding carboxylic acids is 2. The second-order valence-electron chi connectivity index (χ2n) is 6.49. The summed E-state index contributed by atoms with van der Waals surface area (Å²) in [6.45, 7) is 1.91. The van der Waals surface area contributed by atoms with Crippen molar-refractivity contribution in [2.75, 3.05) is 26.2 Å². The number of amides is 2. The van der Waals surface area contributed by atoms with Crippen LogP contribution < -0.4 is 0 Å². The minimum absolute atomic E-state index is 0.0187. The van der Waals surface area contributed by atoms with Crippen molar-refractivity contribution in [1.29, 1.82) is 5.26 Å². The Kier molecular flexibility index (Phi) is 5.82. The van der Waals surface area contributed by atoms with Crippen LogP contribution in [-0.2, 0) is 11.2 Å². The summed E-state index contributed by atoms with van der Waals surface area (Å²) in [5, 5.41) is 8.99. The number of carbonyl (C=O) groups is 2. The predicted molar refractivity (Wildman–Crippen MR) is 98.4 cm³/mol. The molecule has 0 atom stereocenters. The van der Waals surface area contributed by atoms with Crippen LogP contribution in [-0.4, -0.2) is 47.8 Å². The van der Waals surface area contributed by atoms with Crippen LogP contribution in [0.5, 0.6) is 0 Å². The molecule has 2 aromatic carbocycles. The highest BCUT2D eigenvalue weighted by atomic mass is 19.1. The molecule has 1 aliphatic heterocycles. The van der Waals surface area contributed by atoms with E-state index in [2.05, 4.69) is 0 Å². The summed E-state index contributed by atoms with van der Waals surface area (Å²) in [7, 11) is 0. The minimum atomic E-state index is -0.380. The molecule has 0 unspecified atom stereocenters. The highest BCUT2D eigenvalue weighted by Gasteiger charge is 2.23. The van der Waals surface area contributed by atoms with Gasteiger partial charge in [0.15, 0.2) is 0 Å². The van der Waals surface area contributed by atoms with Gasteiger partial charge in [0.05, 0.1) is 18.1 Å². The molecular weight excluding hydrogens is 345 g/mol. The van der Waals surface area contributed by atoms with Crippen molar-refractivity contribution in [3.63, 3.8) is 0 Å². The van der Waals surface area contributed by atoms with E-state index < -0.39 is 0 Å². The standard InChI is InChI=1S/C21H20FN3O2/c22-19-8-2-1-6-17(19)14-20(26)24-9-4-10-25(12-11-24)21(27)18-7-3-5-16(13-18)15-23/h1-3,5-8,13H,4,9-12,14H2. The van der Waals surface area contributed by atoms with Gasteiger partial charge in [-0.15, -0.1) is 0 Å². The van der Waals surface area contributed by atoms with Gasteiger partial charge in [0.25, 0.3) is 5.91 Å². The average Bonchev–Trinajstić information content (AvgIpc) is 2.95. The molecule has 2 aromatic rings. The first-order valence-electron chi connectivity index (χ1n) is 8.89. The lowest BCUT2D eigenvalue weighted by molar-refractivity contribution is -0.130. The fourth-order valence-corrected chi connectivity index (χ4v) is 3.19. The molecule has 5 nitrogen and oxygen atoms in total. The molecule has 0 spiro atoms. The third kappa shape index (κ3) is 4.50. The normalized spacial score (nSPS) is 14.4. The van der Waals surface area contributed by atoms with Crippen LogP contribution in [0.15, 0.2) is 48.5 Å². The summed E-state index contributed by atoms with van der Waals surface area (Å²) < 4.78 is 13.8. The average molecular weight is 365 g/mol. The number of nitriles is 1. The van der Waals surface area contributed by atoms with E-state index in [1.165, 1.54) is 6.07 Å². The van der Waals surface area contributed by atoms with Crippen molar-refractivity contribution >= 4 is 11.8 Å². The molecule has 1 saturated heterocycles. The quantitative estimate of drug-likeness (QED) is 0.840. The third-order valence-corrected chi connectivity index (χ3v) is 4.67. The first-order chi connectivity index (χ1) is 13.1. The number of hydrogen-bond acceptors (Lipinski definition) is 3. The van der Waals surface area contributed by atoms with E-state index in [9.17, 15) is 14.0 Å². The van der Waals surface area contributed by atoms with E-state index in [0.717, 1.165) is 0 Å². The summed E-state index contributed by atoms with van der Waals surface area (Å²) in [6.07, 6.45) is 0.678. The molecule has 27 heavy (non-hydrogen) atoms. The second kappa shape index (κ2) is 8.45. The summed E-state index contributed by atoms with van der Waals surface area (Å²) >= 11 is 0. The molecule has 0 aliphatic carbocycles. The Bertz CT molecular complexity index is 891. The molecule has 0 bridgehead atoms. The monoisotopic (exact) mass is 365 g/mol. The van der Waals surface area contributed by atoms with Gasteiger partial charge in [-0.2, -0.15) is 5.26 Å². The van der Waals surface area contributed by atoms with Crippen molar-refractivity contribution < 1.29 is 14.0 Å². The lowest BCUT2D eigenvalue weighted by Crippen LogP contribution is -2.38. The molecule has 3 rings (SSSR count). The number of rotatable bonds is 3. The number of hydrogen-bond donors (Lipinski definition) is 0. The lowest BCUT2D eigenvalue weighted by Gasteiger charge is -2.22. The molecule has 2 amide bonds. The van der Waals surface area contributed by atoms with E-state index in [0.29, 0.717) is 49.3 Å². The lowest BCUT2D eigenvalue weighted by atomic mass is 10.1. The predicted octanol–water partition coefficient (Wildman–Crippen LogP) is 2.61. The van der Waals surface area contributed by atoms with E-state index in [1.54, 1.807) is 52.3 Å². The van der Waals surface area contributed by atoms with E-state index in [-0.39, 0.29) is 24.1 Å². The zero-order valence-electron chi connectivity index (χ0n) is 14.9. The fraction of sp³-hybridized carbons (Fsp3) is 0.286. The summed E-state index contributed by atoms with van der Waals surface area (Å²) in [4.78, 5) is 28.6. The maximum Gasteiger partial charge on any atom is 0.253 e. The number of nitrogens with zero attached hydrogens (tertiary/aromatic N) is 3. The van der Waals surface area contributed by atoms with Gasteiger partial charge < -0.3 is 9.80 Å². The molecule has 0 radical (unpaired) electrons. The highest BCUT2D eigenvalue weighted by molar-refractivity contribution is 5.94. The molecule has 6 heteroatoms. The van der Waals surface area contributed by atoms with Crippen LogP contribution in [0, 0.1) is 17.1 Å². The zero-order chi connectivity index (χ0) is 19.2. The van der Waals surface area contributed by atoms with Crippen LogP contribution >= 0.6 is 0 Å². The van der Waals surface area contributed by atoms with Crippen molar-refractivity contribution in [2.45, 2.75) is 12.8 Å². The van der Waals surface area contributed by atoms with Crippen molar-refractivity contribution in [1.82, 2.24) is 9.80 Å². The van der Waals surface area contributed by atoms with Gasteiger partial charge in [-0.3, -0.25) is 9.59 Å². The Morgan fingerprint density at radius 2 is 1.74 bits per heavy atom. The molecule has 1 heterocycles. The smallest absolute Gasteiger partial charge is 0.253 e. The Balaban J connectivity index is 1.63. The van der Waals surface area contributed by atoms with Crippen molar-refractivity contribution in [3.8, 4) is 6.07 Å². The minimum Gasteiger partial charge on any atom is -0.341 e. The Morgan fingerprint density at radius 1 is 1.00 bits per heavy atom. The van der Waals surface area contributed by atoms with Gasteiger partial charge >= 0.3 is 0 Å². The fourth-order valence-electron chi connectivity index (χ4n) is 3.19. The van der Waals surface area contributed by atoms with Crippen LogP contribution in [0.3, 0.4) is 0 Å². The van der Waals surface area contributed by atoms with Gasteiger partial charge in [0, 0.05) is 31.7 Å². The molecule has 0 N–H and O–H groups in total. The van der Waals surface area contributed by atoms with Gasteiger partial charge in [-0.25, -0.2) is 4.39 Å². The summed E-state index contributed by atoms with van der Waals surface area (Å²) in [6, 6.07) is 14.9. The van der Waals surface area contributed by atoms with E-state index in [4.69, 9.17) is 5.26 Å². The van der Waals surface area contributed by atoms with E-state index >= 15 is 0 Å². The summed E-state index contributed by atoms with van der Waals surface area (Å²) in [5.74, 6) is -0.661. The Morgan fingerprint density at radius 3 is 2.52 bits per heavy atom. The van der Waals surface area contributed by atoms with Gasteiger partial charge in [0.2, 0.25) is 5.91 Å². The van der Waals surface area contributed by atoms with Crippen LogP contribution in [0.2, 0.25) is 0 Å². The first kappa shape index (κ1) is 18.6. The molecule has 0 aromatic heterocycles. The number of halogens is 1. The zero-order valence-corrected chi connectivity index (χ0v) is 14.9. The van der Waals surface area contributed by atoms with Gasteiger partial charge in [-0.05, 0) is 36.2 Å². The van der Waals surface area contributed by atoms with Crippen LogP contribution in [0.25, 0.3) is 0 Å². The van der Waals surface area contributed by atoms with Gasteiger partial charge in [-0.1, -0.05) is 24.3 Å². The molecular formula is C21H20FN3O2. The maximum atomic E-state index is 13.8. The topological polar surface area (TPSA) is 64.4 Å². The molecule has 138 valence electrons. The number of benzene rings is 2. The van der Waals surface area contributed by atoms with E-state index in [1.807, 2.05) is 6.07 Å². The second-order valence-corrected chi connectivity index (χ2v) is 6.49. The highest BCUT2D eigenvalue weighted by Crippen LogP contribution is 2.13. The maximum absolute atomic E-state index is 13.8.